The normalized spacial score (nSPS) is 12.1. The van der Waals surface area contributed by atoms with Gasteiger partial charge in [0.05, 0.1) is 18.5 Å². The van der Waals surface area contributed by atoms with Crippen molar-refractivity contribution in [2.24, 2.45) is 5.92 Å². The molecule has 0 fully saturated rings. The number of carboxylic acid groups (broad SMARTS) is 1. The maximum Gasteiger partial charge on any atom is 0.340 e. The van der Waals surface area contributed by atoms with Crippen LogP contribution in [0, 0.1) is 26.7 Å². The van der Waals surface area contributed by atoms with Crippen molar-refractivity contribution in [2.45, 2.75) is 59.9 Å². The molecule has 0 spiro atoms. The van der Waals surface area contributed by atoms with Gasteiger partial charge in [0.1, 0.15) is 23.0 Å². The number of rotatable bonds is 11. The van der Waals surface area contributed by atoms with Crippen LogP contribution in [-0.4, -0.2) is 47.9 Å². The van der Waals surface area contributed by atoms with Gasteiger partial charge in [-0.25, -0.2) is 4.79 Å². The van der Waals surface area contributed by atoms with E-state index >= 15 is 0 Å². The summed E-state index contributed by atoms with van der Waals surface area (Å²) in [5, 5.41) is 17.9. The number of hydrogen-bond acceptors (Lipinski definition) is 7. The van der Waals surface area contributed by atoms with Gasteiger partial charge in [-0.3, -0.25) is 19.2 Å². The number of hydrogen-bond donors (Lipinski definition) is 4. The van der Waals surface area contributed by atoms with E-state index in [1.807, 2.05) is 19.9 Å². The Morgan fingerprint density at radius 3 is 2.24 bits per heavy atom. The van der Waals surface area contributed by atoms with Crippen molar-refractivity contribution in [2.75, 3.05) is 13.1 Å². The van der Waals surface area contributed by atoms with Gasteiger partial charge in [-0.1, -0.05) is 13.8 Å². The molecular formula is C27H33N3O8. The first-order chi connectivity index (χ1) is 17.9. The lowest BCUT2D eigenvalue weighted by molar-refractivity contribution is -0.137. The van der Waals surface area contributed by atoms with Gasteiger partial charge in [0.15, 0.2) is 0 Å². The molecule has 0 bridgehead atoms. The Balaban J connectivity index is 1.63. The summed E-state index contributed by atoms with van der Waals surface area (Å²) in [6.45, 7) is 8.82. The molecule has 0 aliphatic heterocycles. The van der Waals surface area contributed by atoms with Gasteiger partial charge in [0, 0.05) is 29.8 Å². The van der Waals surface area contributed by atoms with Crippen molar-refractivity contribution < 1.29 is 33.1 Å². The molecule has 0 saturated heterocycles. The van der Waals surface area contributed by atoms with E-state index in [1.54, 1.807) is 26.8 Å². The number of nitrogens with one attached hydrogen (secondary N) is 3. The van der Waals surface area contributed by atoms with Crippen LogP contribution in [0.25, 0.3) is 21.9 Å². The van der Waals surface area contributed by atoms with Crippen LogP contribution in [0.4, 0.5) is 0 Å². The fourth-order valence-corrected chi connectivity index (χ4v) is 4.15. The molecule has 0 saturated carbocycles. The molecule has 2 heterocycles. The Kier molecular flexibility index (Phi) is 8.92. The Bertz CT molecular complexity index is 1450. The van der Waals surface area contributed by atoms with E-state index in [0.717, 1.165) is 16.7 Å². The molecule has 38 heavy (non-hydrogen) atoms. The van der Waals surface area contributed by atoms with E-state index in [0.29, 0.717) is 22.1 Å². The van der Waals surface area contributed by atoms with Crippen LogP contribution < -0.4 is 21.6 Å². The molecule has 0 aliphatic carbocycles. The van der Waals surface area contributed by atoms with Crippen molar-refractivity contribution in [3.63, 3.8) is 0 Å². The van der Waals surface area contributed by atoms with Crippen molar-refractivity contribution in [3.8, 4) is 0 Å². The second-order valence-electron chi connectivity index (χ2n) is 9.65. The number of benzene rings is 1. The Morgan fingerprint density at radius 1 is 0.921 bits per heavy atom. The summed E-state index contributed by atoms with van der Waals surface area (Å²) in [6.07, 6.45) is -0.0895. The number of aliphatic carboxylic acids is 1. The van der Waals surface area contributed by atoms with Crippen LogP contribution >= 0.6 is 0 Å². The summed E-state index contributed by atoms with van der Waals surface area (Å²) >= 11 is 0. The lowest BCUT2D eigenvalue weighted by atomic mass is 10.0. The zero-order chi connectivity index (χ0) is 28.1. The number of carbonyl (C=O) groups is 4. The van der Waals surface area contributed by atoms with Gasteiger partial charge in [0.2, 0.25) is 17.7 Å². The van der Waals surface area contributed by atoms with E-state index in [9.17, 15) is 24.0 Å². The number of carbonyl (C=O) groups excluding carboxylic acids is 3. The highest BCUT2D eigenvalue weighted by Gasteiger charge is 2.24. The van der Waals surface area contributed by atoms with E-state index in [-0.39, 0.29) is 43.8 Å². The second-order valence-corrected chi connectivity index (χ2v) is 9.65. The van der Waals surface area contributed by atoms with Crippen molar-refractivity contribution in [3.05, 3.63) is 45.0 Å². The van der Waals surface area contributed by atoms with Crippen molar-refractivity contribution >= 4 is 45.6 Å². The molecule has 0 unspecified atom stereocenters. The highest BCUT2D eigenvalue weighted by molar-refractivity contribution is 5.97. The zero-order valence-electron chi connectivity index (χ0n) is 22.1. The molecular weight excluding hydrogens is 494 g/mol. The van der Waals surface area contributed by atoms with Crippen LogP contribution in [0.1, 0.15) is 49.1 Å². The maximum absolute atomic E-state index is 12.6. The SMILES string of the molecule is Cc1oc2cc3oc(=O)c(CC(=O)NCC(=O)N[C@@H](C(=O)NCCCC(=O)O)C(C)C)c(C)c3cc2c1C. The number of furan rings is 1. The van der Waals surface area contributed by atoms with E-state index in [2.05, 4.69) is 16.0 Å². The van der Waals surface area contributed by atoms with Gasteiger partial charge in [-0.15, -0.1) is 0 Å². The molecule has 0 radical (unpaired) electrons. The number of carboxylic acids is 1. The first-order valence-electron chi connectivity index (χ1n) is 12.4. The molecule has 4 N–H and O–H groups in total. The highest BCUT2D eigenvalue weighted by atomic mass is 16.4. The topological polar surface area (TPSA) is 168 Å². The fraction of sp³-hybridized carbons (Fsp3) is 0.444. The van der Waals surface area contributed by atoms with Crippen LogP contribution in [-0.2, 0) is 25.6 Å². The second kappa shape index (κ2) is 11.9. The largest absolute Gasteiger partial charge is 0.481 e. The Morgan fingerprint density at radius 2 is 1.58 bits per heavy atom. The highest BCUT2D eigenvalue weighted by Crippen LogP contribution is 2.30. The monoisotopic (exact) mass is 527 g/mol. The summed E-state index contributed by atoms with van der Waals surface area (Å²) in [6, 6.07) is 2.69. The smallest absolute Gasteiger partial charge is 0.340 e. The van der Waals surface area contributed by atoms with Gasteiger partial charge in [0.25, 0.3) is 0 Å². The summed E-state index contributed by atoms with van der Waals surface area (Å²) < 4.78 is 11.2. The molecule has 2 aromatic heterocycles. The third-order valence-electron chi connectivity index (χ3n) is 6.50. The molecule has 204 valence electrons. The van der Waals surface area contributed by atoms with Gasteiger partial charge < -0.3 is 29.9 Å². The van der Waals surface area contributed by atoms with Gasteiger partial charge in [-0.2, -0.15) is 0 Å². The fourth-order valence-electron chi connectivity index (χ4n) is 4.15. The maximum atomic E-state index is 12.6. The third kappa shape index (κ3) is 6.58. The van der Waals surface area contributed by atoms with E-state index in [4.69, 9.17) is 13.9 Å². The summed E-state index contributed by atoms with van der Waals surface area (Å²) in [4.78, 5) is 60.7. The van der Waals surface area contributed by atoms with Crippen molar-refractivity contribution in [1.82, 2.24) is 16.0 Å². The third-order valence-corrected chi connectivity index (χ3v) is 6.50. The minimum atomic E-state index is -0.958. The average molecular weight is 528 g/mol. The van der Waals surface area contributed by atoms with Gasteiger partial charge >= 0.3 is 11.6 Å². The summed E-state index contributed by atoms with van der Waals surface area (Å²) in [5.74, 6) is -2.00. The standard InChI is InChI=1S/C27H33N3O8/c1-13(2)25(26(35)28-8-6-7-24(33)34)30-23(32)12-29-22(31)10-19-15(4)18-9-17-14(3)16(5)37-20(17)11-21(18)38-27(19)36/h9,11,13,25H,6-8,10,12H2,1-5H3,(H,28,35)(H,29,31)(H,30,32)(H,33,34)/t25-/m1/s1. The molecule has 3 aromatic rings. The molecule has 11 nitrogen and oxygen atoms in total. The molecule has 1 atom stereocenters. The Labute approximate surface area is 218 Å². The van der Waals surface area contributed by atoms with Crippen LogP contribution in [0.15, 0.2) is 25.8 Å². The molecule has 11 heteroatoms. The lowest BCUT2D eigenvalue weighted by Crippen LogP contribution is -2.52. The molecule has 1 aromatic carbocycles. The predicted octanol–water partition coefficient (Wildman–Crippen LogP) is 2.24. The first-order valence-corrected chi connectivity index (χ1v) is 12.4. The number of fused-ring (bicyclic) bond motifs is 2. The van der Waals surface area contributed by atoms with E-state index in [1.165, 1.54) is 0 Å². The Hall–Kier alpha value is -4.15. The van der Waals surface area contributed by atoms with Crippen LogP contribution in [0.3, 0.4) is 0 Å². The van der Waals surface area contributed by atoms with Crippen molar-refractivity contribution in [1.29, 1.82) is 0 Å². The first kappa shape index (κ1) is 28.4. The number of amides is 3. The van der Waals surface area contributed by atoms with Gasteiger partial charge in [-0.05, 0) is 50.3 Å². The van der Waals surface area contributed by atoms with Crippen LogP contribution in [0.2, 0.25) is 0 Å². The molecule has 0 aliphatic rings. The van der Waals surface area contributed by atoms with Crippen LogP contribution in [0.5, 0.6) is 0 Å². The average Bonchev–Trinajstić information content (AvgIpc) is 3.12. The minimum Gasteiger partial charge on any atom is -0.481 e. The van der Waals surface area contributed by atoms with E-state index < -0.39 is 35.4 Å². The predicted molar refractivity (Wildman–Crippen MR) is 140 cm³/mol. The minimum absolute atomic E-state index is 0.0764. The molecule has 3 rings (SSSR count). The summed E-state index contributed by atoms with van der Waals surface area (Å²) in [7, 11) is 0. The quantitative estimate of drug-likeness (QED) is 0.217. The number of aryl methyl sites for hydroxylation is 3. The lowest BCUT2D eigenvalue weighted by Gasteiger charge is -2.21. The molecule has 3 amide bonds. The zero-order valence-corrected chi connectivity index (χ0v) is 22.1. The summed E-state index contributed by atoms with van der Waals surface area (Å²) in [5.41, 5.74) is 2.10.